The van der Waals surface area contributed by atoms with Gasteiger partial charge in [0.15, 0.2) is 0 Å². The minimum Gasteiger partial charge on any atom is -0.338 e. The number of rotatable bonds is 2. The highest BCUT2D eigenvalue weighted by Crippen LogP contribution is 2.20. The summed E-state index contributed by atoms with van der Waals surface area (Å²) in [7, 11) is 2.07. The molecule has 5 heteroatoms. The van der Waals surface area contributed by atoms with Crippen LogP contribution in [-0.2, 0) is 9.59 Å². The first-order valence-corrected chi connectivity index (χ1v) is 6.90. The van der Waals surface area contributed by atoms with Gasteiger partial charge in [-0.2, -0.15) is 0 Å². The summed E-state index contributed by atoms with van der Waals surface area (Å²) < 4.78 is 0. The lowest BCUT2D eigenvalue weighted by Crippen LogP contribution is -2.53. The van der Waals surface area contributed by atoms with Crippen molar-refractivity contribution < 1.29 is 9.59 Å². The molecule has 18 heavy (non-hydrogen) atoms. The lowest BCUT2D eigenvalue weighted by Gasteiger charge is -2.35. The molecule has 2 rings (SSSR count). The van der Waals surface area contributed by atoms with E-state index in [0.717, 1.165) is 45.6 Å². The molecule has 0 aliphatic carbocycles. The van der Waals surface area contributed by atoms with Crippen molar-refractivity contribution in [2.24, 2.45) is 0 Å². The van der Waals surface area contributed by atoms with E-state index in [9.17, 15) is 9.59 Å². The van der Waals surface area contributed by atoms with E-state index in [0.29, 0.717) is 6.42 Å². The monoisotopic (exact) mass is 253 g/mol. The number of amides is 2. The van der Waals surface area contributed by atoms with Gasteiger partial charge in [0.25, 0.3) is 0 Å². The Labute approximate surface area is 109 Å². The molecular formula is C13H23N3O2. The maximum atomic E-state index is 12.5. The third-order valence-electron chi connectivity index (χ3n) is 3.98. The molecule has 0 N–H and O–H groups in total. The molecule has 0 radical (unpaired) electrons. The predicted octanol–water partition coefficient (Wildman–Crippen LogP) is 0.161. The Bertz CT molecular complexity index is 324. The second kappa shape index (κ2) is 5.69. The smallest absolute Gasteiger partial charge is 0.245 e. The first-order valence-electron chi connectivity index (χ1n) is 6.90. The van der Waals surface area contributed by atoms with Crippen molar-refractivity contribution in [1.29, 1.82) is 0 Å². The molecule has 0 bridgehead atoms. The van der Waals surface area contributed by atoms with Gasteiger partial charge in [0, 0.05) is 39.1 Å². The molecular weight excluding hydrogens is 230 g/mol. The fourth-order valence-corrected chi connectivity index (χ4v) is 2.76. The van der Waals surface area contributed by atoms with Crippen LogP contribution < -0.4 is 0 Å². The van der Waals surface area contributed by atoms with Crippen LogP contribution in [0.4, 0.5) is 0 Å². The highest BCUT2D eigenvalue weighted by Gasteiger charge is 2.36. The van der Waals surface area contributed by atoms with Gasteiger partial charge in [-0.3, -0.25) is 9.59 Å². The van der Waals surface area contributed by atoms with Crippen LogP contribution in [0.3, 0.4) is 0 Å². The molecule has 2 heterocycles. The highest BCUT2D eigenvalue weighted by atomic mass is 16.2. The third-order valence-corrected chi connectivity index (χ3v) is 3.98. The SMILES string of the molecule is CCC(=O)N1CCCC1C(=O)N1CCN(C)CC1. The van der Waals surface area contributed by atoms with Crippen molar-refractivity contribution in [2.45, 2.75) is 32.2 Å². The molecule has 5 nitrogen and oxygen atoms in total. The fraction of sp³-hybridized carbons (Fsp3) is 0.846. The van der Waals surface area contributed by atoms with Gasteiger partial charge in [-0.05, 0) is 19.9 Å². The van der Waals surface area contributed by atoms with Crippen molar-refractivity contribution in [3.63, 3.8) is 0 Å². The normalized spacial score (nSPS) is 25.6. The number of carbonyl (C=O) groups excluding carboxylic acids is 2. The van der Waals surface area contributed by atoms with Crippen molar-refractivity contribution >= 4 is 11.8 Å². The largest absolute Gasteiger partial charge is 0.338 e. The number of carbonyl (C=O) groups is 2. The van der Waals surface area contributed by atoms with Crippen LogP contribution in [0.5, 0.6) is 0 Å². The predicted molar refractivity (Wildman–Crippen MR) is 69.1 cm³/mol. The average molecular weight is 253 g/mol. The molecule has 102 valence electrons. The van der Waals surface area contributed by atoms with Gasteiger partial charge in [-0.1, -0.05) is 6.92 Å². The van der Waals surface area contributed by atoms with E-state index in [1.165, 1.54) is 0 Å². The van der Waals surface area contributed by atoms with Crippen LogP contribution in [0, 0.1) is 0 Å². The van der Waals surface area contributed by atoms with Crippen LogP contribution >= 0.6 is 0 Å². The Morgan fingerprint density at radius 2 is 1.78 bits per heavy atom. The quantitative estimate of drug-likeness (QED) is 0.704. The van der Waals surface area contributed by atoms with Gasteiger partial charge in [0.2, 0.25) is 11.8 Å². The van der Waals surface area contributed by atoms with Gasteiger partial charge in [-0.15, -0.1) is 0 Å². The summed E-state index contributed by atoms with van der Waals surface area (Å²) in [5.41, 5.74) is 0. The van der Waals surface area contributed by atoms with E-state index in [4.69, 9.17) is 0 Å². The van der Waals surface area contributed by atoms with E-state index in [2.05, 4.69) is 11.9 Å². The van der Waals surface area contributed by atoms with Crippen molar-refractivity contribution in [1.82, 2.24) is 14.7 Å². The van der Waals surface area contributed by atoms with Gasteiger partial charge in [-0.25, -0.2) is 0 Å². The van der Waals surface area contributed by atoms with Crippen LogP contribution in [0.15, 0.2) is 0 Å². The molecule has 0 saturated carbocycles. The van der Waals surface area contributed by atoms with Gasteiger partial charge >= 0.3 is 0 Å². The van der Waals surface area contributed by atoms with Gasteiger partial charge in [0.05, 0.1) is 0 Å². The summed E-state index contributed by atoms with van der Waals surface area (Å²) >= 11 is 0. The van der Waals surface area contributed by atoms with Crippen LogP contribution in [0.2, 0.25) is 0 Å². The Morgan fingerprint density at radius 3 is 2.39 bits per heavy atom. The highest BCUT2D eigenvalue weighted by molar-refractivity contribution is 5.88. The van der Waals surface area contributed by atoms with Crippen LogP contribution in [0.1, 0.15) is 26.2 Å². The lowest BCUT2D eigenvalue weighted by molar-refractivity contribution is -0.144. The molecule has 0 aromatic rings. The van der Waals surface area contributed by atoms with E-state index in [1.54, 1.807) is 4.90 Å². The van der Waals surface area contributed by atoms with Gasteiger partial charge in [0.1, 0.15) is 6.04 Å². The lowest BCUT2D eigenvalue weighted by atomic mass is 10.1. The van der Waals surface area contributed by atoms with Crippen molar-refractivity contribution in [2.75, 3.05) is 39.8 Å². The zero-order valence-electron chi connectivity index (χ0n) is 11.4. The Balaban J connectivity index is 1.97. The van der Waals surface area contributed by atoms with Crippen LogP contribution in [-0.4, -0.2) is 72.3 Å². The maximum absolute atomic E-state index is 12.5. The zero-order valence-corrected chi connectivity index (χ0v) is 11.4. The van der Waals surface area contributed by atoms with Crippen molar-refractivity contribution in [3.05, 3.63) is 0 Å². The molecule has 1 atom stereocenters. The Kier molecular flexibility index (Phi) is 4.22. The summed E-state index contributed by atoms with van der Waals surface area (Å²) in [6.45, 7) is 6.05. The summed E-state index contributed by atoms with van der Waals surface area (Å²) in [5, 5.41) is 0. The summed E-state index contributed by atoms with van der Waals surface area (Å²) in [6, 6.07) is -0.194. The second-order valence-electron chi connectivity index (χ2n) is 5.23. The molecule has 2 fully saturated rings. The second-order valence-corrected chi connectivity index (χ2v) is 5.23. The molecule has 1 unspecified atom stereocenters. The molecule has 2 saturated heterocycles. The standard InChI is InChI=1S/C13H23N3O2/c1-3-12(17)16-6-4-5-11(16)13(18)15-9-7-14(2)8-10-15/h11H,3-10H2,1-2H3. The summed E-state index contributed by atoms with van der Waals surface area (Å²) in [5.74, 6) is 0.266. The fourth-order valence-electron chi connectivity index (χ4n) is 2.76. The van der Waals surface area contributed by atoms with Gasteiger partial charge < -0.3 is 14.7 Å². The number of nitrogens with zero attached hydrogens (tertiary/aromatic N) is 3. The van der Waals surface area contributed by atoms with Crippen LogP contribution in [0.25, 0.3) is 0 Å². The maximum Gasteiger partial charge on any atom is 0.245 e. The van der Waals surface area contributed by atoms with E-state index in [-0.39, 0.29) is 17.9 Å². The number of hydrogen-bond acceptors (Lipinski definition) is 3. The average Bonchev–Trinajstić information content (AvgIpc) is 2.87. The molecule has 2 aliphatic heterocycles. The van der Waals surface area contributed by atoms with Crippen molar-refractivity contribution in [3.8, 4) is 0 Å². The number of likely N-dealkylation sites (N-methyl/N-ethyl adjacent to an activating group) is 1. The molecule has 0 aromatic heterocycles. The minimum atomic E-state index is -0.194. The first-order chi connectivity index (χ1) is 8.63. The zero-order chi connectivity index (χ0) is 13.1. The Morgan fingerprint density at radius 1 is 1.11 bits per heavy atom. The summed E-state index contributed by atoms with van der Waals surface area (Å²) in [4.78, 5) is 30.2. The summed E-state index contributed by atoms with van der Waals surface area (Å²) in [6.07, 6.45) is 2.28. The topological polar surface area (TPSA) is 43.9 Å². The molecule has 0 aromatic carbocycles. The number of piperazine rings is 1. The molecule has 0 spiro atoms. The minimum absolute atomic E-state index is 0.111. The number of hydrogen-bond donors (Lipinski definition) is 0. The number of likely N-dealkylation sites (tertiary alicyclic amines) is 1. The molecule has 2 aliphatic rings. The van der Waals surface area contributed by atoms with E-state index in [1.807, 2.05) is 11.8 Å². The van der Waals surface area contributed by atoms with E-state index >= 15 is 0 Å². The molecule has 2 amide bonds. The third kappa shape index (κ3) is 2.66. The first kappa shape index (κ1) is 13.3. The Hall–Kier alpha value is -1.10. The van der Waals surface area contributed by atoms with E-state index < -0.39 is 0 Å².